The Hall–Kier alpha value is -1.55. The summed E-state index contributed by atoms with van der Waals surface area (Å²) in [5.41, 5.74) is 6.92. The predicted octanol–water partition coefficient (Wildman–Crippen LogP) is 0.891. The summed E-state index contributed by atoms with van der Waals surface area (Å²) in [5, 5.41) is 8.99. The van der Waals surface area contributed by atoms with Gasteiger partial charge in [0, 0.05) is 12.3 Å². The SMILES string of the molecule is N[C@]1(C(=O)O)C[C@H]1c1ccc2c(c1)CCO2. The molecule has 4 nitrogen and oxygen atoms in total. The molecule has 16 heavy (non-hydrogen) atoms. The first-order chi connectivity index (χ1) is 7.61. The quantitative estimate of drug-likeness (QED) is 0.774. The number of hydrogen-bond acceptors (Lipinski definition) is 3. The molecule has 0 spiro atoms. The number of carboxylic acids is 1. The second-order valence-electron chi connectivity index (χ2n) is 4.57. The van der Waals surface area contributed by atoms with Gasteiger partial charge in [0.2, 0.25) is 0 Å². The van der Waals surface area contributed by atoms with E-state index in [1.165, 1.54) is 0 Å². The lowest BCUT2D eigenvalue weighted by molar-refractivity contribution is -0.139. The Labute approximate surface area is 93.0 Å². The van der Waals surface area contributed by atoms with Crippen LogP contribution in [0.15, 0.2) is 18.2 Å². The average molecular weight is 219 g/mol. The highest BCUT2D eigenvalue weighted by Gasteiger charge is 2.58. The predicted molar refractivity (Wildman–Crippen MR) is 57.6 cm³/mol. The summed E-state index contributed by atoms with van der Waals surface area (Å²) in [7, 11) is 0. The van der Waals surface area contributed by atoms with Crippen LogP contribution in [-0.4, -0.2) is 23.2 Å². The molecule has 3 rings (SSSR count). The number of carboxylic acid groups (broad SMARTS) is 1. The molecule has 0 bridgehead atoms. The lowest BCUT2D eigenvalue weighted by Gasteiger charge is -2.06. The third kappa shape index (κ3) is 1.23. The molecule has 0 aromatic heterocycles. The Morgan fingerprint density at radius 1 is 1.56 bits per heavy atom. The highest BCUT2D eigenvalue weighted by Crippen LogP contribution is 2.50. The summed E-state index contributed by atoms with van der Waals surface area (Å²) >= 11 is 0. The molecule has 1 aromatic rings. The van der Waals surface area contributed by atoms with Crippen molar-refractivity contribution < 1.29 is 14.6 Å². The van der Waals surface area contributed by atoms with Crippen molar-refractivity contribution in [3.05, 3.63) is 29.3 Å². The van der Waals surface area contributed by atoms with E-state index in [9.17, 15) is 4.79 Å². The molecule has 2 atom stereocenters. The fourth-order valence-electron chi connectivity index (χ4n) is 2.35. The van der Waals surface area contributed by atoms with E-state index in [-0.39, 0.29) is 5.92 Å². The molecule has 0 saturated heterocycles. The van der Waals surface area contributed by atoms with Gasteiger partial charge in [0.05, 0.1) is 6.61 Å². The van der Waals surface area contributed by atoms with Gasteiger partial charge in [-0.15, -0.1) is 0 Å². The maximum Gasteiger partial charge on any atom is 0.324 e. The van der Waals surface area contributed by atoms with Crippen molar-refractivity contribution in [3.63, 3.8) is 0 Å². The van der Waals surface area contributed by atoms with E-state index in [4.69, 9.17) is 15.6 Å². The van der Waals surface area contributed by atoms with Crippen LogP contribution in [0.2, 0.25) is 0 Å². The molecule has 1 saturated carbocycles. The summed E-state index contributed by atoms with van der Waals surface area (Å²) in [6, 6.07) is 5.87. The number of aliphatic carboxylic acids is 1. The van der Waals surface area contributed by atoms with Crippen molar-refractivity contribution in [2.24, 2.45) is 5.73 Å². The Morgan fingerprint density at radius 2 is 2.38 bits per heavy atom. The van der Waals surface area contributed by atoms with Gasteiger partial charge in [0.1, 0.15) is 11.3 Å². The van der Waals surface area contributed by atoms with Crippen LogP contribution >= 0.6 is 0 Å². The van der Waals surface area contributed by atoms with E-state index < -0.39 is 11.5 Å². The van der Waals surface area contributed by atoms with Crippen LogP contribution in [0.3, 0.4) is 0 Å². The van der Waals surface area contributed by atoms with Crippen LogP contribution in [0.5, 0.6) is 5.75 Å². The molecule has 4 heteroatoms. The number of fused-ring (bicyclic) bond motifs is 1. The minimum Gasteiger partial charge on any atom is -0.493 e. The van der Waals surface area contributed by atoms with Crippen molar-refractivity contribution >= 4 is 5.97 Å². The van der Waals surface area contributed by atoms with Crippen molar-refractivity contribution in [1.29, 1.82) is 0 Å². The van der Waals surface area contributed by atoms with Gasteiger partial charge in [-0.1, -0.05) is 12.1 Å². The van der Waals surface area contributed by atoms with Gasteiger partial charge in [0.25, 0.3) is 0 Å². The van der Waals surface area contributed by atoms with E-state index in [1.807, 2.05) is 18.2 Å². The molecule has 1 aromatic carbocycles. The lowest BCUT2D eigenvalue weighted by Crippen LogP contribution is -2.34. The number of carbonyl (C=O) groups is 1. The van der Waals surface area contributed by atoms with Gasteiger partial charge in [-0.2, -0.15) is 0 Å². The summed E-state index contributed by atoms with van der Waals surface area (Å²) in [6.07, 6.45) is 1.43. The zero-order valence-corrected chi connectivity index (χ0v) is 8.77. The van der Waals surface area contributed by atoms with Gasteiger partial charge >= 0.3 is 5.97 Å². The number of nitrogens with two attached hydrogens (primary N) is 1. The first kappa shape index (κ1) is 9.66. The second-order valence-corrected chi connectivity index (χ2v) is 4.57. The second kappa shape index (κ2) is 2.98. The standard InChI is InChI=1S/C12H13NO3/c13-12(11(14)15)6-9(12)7-1-2-10-8(5-7)3-4-16-10/h1-2,5,9H,3-4,6,13H2,(H,14,15)/t9-,12+/m0/s1. The number of ether oxygens (including phenoxy) is 1. The van der Waals surface area contributed by atoms with Gasteiger partial charge in [-0.3, -0.25) is 4.79 Å². The third-order valence-electron chi connectivity index (χ3n) is 3.52. The van der Waals surface area contributed by atoms with Crippen LogP contribution in [0.25, 0.3) is 0 Å². The molecule has 1 heterocycles. The van der Waals surface area contributed by atoms with Gasteiger partial charge in [0.15, 0.2) is 0 Å². The zero-order valence-electron chi connectivity index (χ0n) is 8.77. The first-order valence-corrected chi connectivity index (χ1v) is 5.39. The molecular formula is C12H13NO3. The van der Waals surface area contributed by atoms with Crippen LogP contribution in [0.4, 0.5) is 0 Å². The molecule has 1 aliphatic heterocycles. The molecule has 1 fully saturated rings. The monoisotopic (exact) mass is 219 g/mol. The Kier molecular flexibility index (Phi) is 1.80. The van der Waals surface area contributed by atoms with Crippen molar-refractivity contribution in [1.82, 2.24) is 0 Å². The van der Waals surface area contributed by atoms with Crippen LogP contribution in [-0.2, 0) is 11.2 Å². The molecule has 0 radical (unpaired) electrons. The molecule has 0 amide bonds. The van der Waals surface area contributed by atoms with E-state index in [0.29, 0.717) is 6.42 Å². The summed E-state index contributed by atoms with van der Waals surface area (Å²) in [5.74, 6) is -0.0347. The average Bonchev–Trinajstić information content (AvgIpc) is 2.75. The van der Waals surface area contributed by atoms with Gasteiger partial charge in [-0.05, 0) is 23.6 Å². The maximum absolute atomic E-state index is 11.0. The van der Waals surface area contributed by atoms with Gasteiger partial charge < -0.3 is 15.6 Å². The minimum absolute atomic E-state index is 0.0455. The topological polar surface area (TPSA) is 72.6 Å². The maximum atomic E-state index is 11.0. The van der Waals surface area contributed by atoms with Crippen LogP contribution in [0.1, 0.15) is 23.5 Å². The van der Waals surface area contributed by atoms with E-state index in [1.54, 1.807) is 0 Å². The molecule has 1 aliphatic carbocycles. The Bertz CT molecular complexity index is 471. The third-order valence-corrected chi connectivity index (χ3v) is 3.52. The Balaban J connectivity index is 1.90. The first-order valence-electron chi connectivity index (χ1n) is 5.39. The fraction of sp³-hybridized carbons (Fsp3) is 0.417. The number of hydrogen-bond donors (Lipinski definition) is 2. The van der Waals surface area contributed by atoms with Crippen LogP contribution < -0.4 is 10.5 Å². The molecule has 2 aliphatic rings. The summed E-state index contributed by atoms with van der Waals surface area (Å²) < 4.78 is 5.41. The molecule has 3 N–H and O–H groups in total. The normalized spacial score (nSPS) is 30.7. The van der Waals surface area contributed by atoms with E-state index in [2.05, 4.69) is 0 Å². The molecule has 0 unspecified atom stereocenters. The Morgan fingerprint density at radius 3 is 3.06 bits per heavy atom. The molecular weight excluding hydrogens is 206 g/mol. The fourth-order valence-corrected chi connectivity index (χ4v) is 2.35. The van der Waals surface area contributed by atoms with Crippen molar-refractivity contribution in [2.45, 2.75) is 24.3 Å². The zero-order chi connectivity index (χ0) is 11.3. The van der Waals surface area contributed by atoms with Crippen molar-refractivity contribution in [3.8, 4) is 5.75 Å². The summed E-state index contributed by atoms with van der Waals surface area (Å²) in [6.45, 7) is 0.718. The van der Waals surface area contributed by atoms with Crippen LogP contribution in [0, 0.1) is 0 Å². The molecule has 84 valence electrons. The smallest absolute Gasteiger partial charge is 0.324 e. The largest absolute Gasteiger partial charge is 0.493 e. The van der Waals surface area contributed by atoms with Crippen molar-refractivity contribution in [2.75, 3.05) is 6.61 Å². The number of benzene rings is 1. The lowest BCUT2D eigenvalue weighted by atomic mass is 10.0. The minimum atomic E-state index is -1.05. The summed E-state index contributed by atoms with van der Waals surface area (Å²) in [4.78, 5) is 11.0. The highest BCUT2D eigenvalue weighted by molar-refractivity contribution is 5.85. The van der Waals surface area contributed by atoms with E-state index >= 15 is 0 Å². The van der Waals surface area contributed by atoms with E-state index in [0.717, 1.165) is 29.9 Å². The van der Waals surface area contributed by atoms with Gasteiger partial charge in [-0.25, -0.2) is 0 Å². The highest BCUT2D eigenvalue weighted by atomic mass is 16.5. The number of rotatable bonds is 2.